The highest BCUT2D eigenvalue weighted by Crippen LogP contribution is 2.36. The molecule has 0 aliphatic carbocycles. The molecule has 0 atom stereocenters. The highest BCUT2D eigenvalue weighted by molar-refractivity contribution is 9.11. The molecule has 0 aliphatic heterocycles. The Kier molecular flexibility index (Phi) is 4.67. The zero-order valence-corrected chi connectivity index (χ0v) is 17.5. The Balaban J connectivity index is 1.81. The van der Waals surface area contributed by atoms with Gasteiger partial charge in [-0.05, 0) is 56.1 Å². The summed E-state index contributed by atoms with van der Waals surface area (Å²) in [6.07, 6.45) is 3.56. The third kappa shape index (κ3) is 3.38. The lowest BCUT2D eigenvalue weighted by Crippen LogP contribution is -1.91. The van der Waals surface area contributed by atoms with Gasteiger partial charge in [-0.25, -0.2) is 4.98 Å². The van der Waals surface area contributed by atoms with E-state index in [1.54, 1.807) is 12.4 Å². The summed E-state index contributed by atoms with van der Waals surface area (Å²) >= 11 is 10.5. The van der Waals surface area contributed by atoms with Crippen LogP contribution in [0.2, 0.25) is 0 Å². The van der Waals surface area contributed by atoms with Gasteiger partial charge in [0.1, 0.15) is 0 Å². The summed E-state index contributed by atoms with van der Waals surface area (Å²) in [6.45, 7) is 0. The Morgan fingerprint density at radius 1 is 0.840 bits per heavy atom. The zero-order chi connectivity index (χ0) is 17.4. The number of rotatable bonds is 2. The van der Waals surface area contributed by atoms with Gasteiger partial charge in [-0.1, -0.05) is 40.2 Å². The minimum atomic E-state index is 0.785. The predicted octanol–water partition coefficient (Wildman–Crippen LogP) is 6.82. The van der Waals surface area contributed by atoms with Gasteiger partial charge in [-0.15, -0.1) is 0 Å². The molecular formula is C19H10Br3N3. The molecule has 0 aliphatic rings. The molecule has 0 saturated carbocycles. The maximum atomic E-state index is 4.74. The Hall–Kier alpha value is -1.63. The monoisotopic (exact) mass is 517 g/mol. The lowest BCUT2D eigenvalue weighted by molar-refractivity contribution is 1.35. The van der Waals surface area contributed by atoms with E-state index >= 15 is 0 Å². The van der Waals surface area contributed by atoms with Gasteiger partial charge >= 0.3 is 0 Å². The maximum Gasteiger partial charge on any atom is 0.0972 e. The van der Waals surface area contributed by atoms with Crippen molar-refractivity contribution in [3.8, 4) is 0 Å². The molecule has 0 N–H and O–H groups in total. The van der Waals surface area contributed by atoms with Gasteiger partial charge in [0.05, 0.1) is 28.6 Å². The SMILES string of the molecule is Brc1cc(Br)c(N=Cc2ccc3ccc4cccnc4c3n2)c(Br)c1. The number of aliphatic imine (C=N–C) groups is 1. The van der Waals surface area contributed by atoms with Gasteiger partial charge in [0.2, 0.25) is 0 Å². The van der Waals surface area contributed by atoms with Crippen molar-refractivity contribution >= 4 is 81.5 Å². The summed E-state index contributed by atoms with van der Waals surface area (Å²) in [4.78, 5) is 13.8. The van der Waals surface area contributed by atoms with Crippen LogP contribution in [0.25, 0.3) is 21.8 Å². The first-order valence-electron chi connectivity index (χ1n) is 7.45. The van der Waals surface area contributed by atoms with Crippen LogP contribution in [0.15, 0.2) is 73.1 Å². The number of nitrogens with zero attached hydrogens (tertiary/aromatic N) is 3. The fourth-order valence-electron chi connectivity index (χ4n) is 2.60. The Morgan fingerprint density at radius 3 is 2.28 bits per heavy atom. The molecule has 6 heteroatoms. The largest absolute Gasteiger partial charge is 0.254 e. The van der Waals surface area contributed by atoms with Crippen LogP contribution >= 0.6 is 47.8 Å². The predicted molar refractivity (Wildman–Crippen MR) is 114 cm³/mol. The number of hydrogen-bond donors (Lipinski definition) is 0. The van der Waals surface area contributed by atoms with E-state index in [1.807, 2.05) is 36.4 Å². The minimum absolute atomic E-state index is 0.785. The molecule has 0 spiro atoms. The molecule has 122 valence electrons. The first-order chi connectivity index (χ1) is 12.1. The summed E-state index contributed by atoms with van der Waals surface area (Å²) < 4.78 is 2.78. The van der Waals surface area contributed by atoms with Gasteiger partial charge in [0.15, 0.2) is 0 Å². The van der Waals surface area contributed by atoms with Crippen LogP contribution in [0.4, 0.5) is 5.69 Å². The van der Waals surface area contributed by atoms with Crippen LogP contribution in [0.3, 0.4) is 0 Å². The van der Waals surface area contributed by atoms with Crippen molar-refractivity contribution in [2.75, 3.05) is 0 Å². The Labute approximate surface area is 169 Å². The second-order valence-corrected chi connectivity index (χ2v) is 8.05. The highest BCUT2D eigenvalue weighted by atomic mass is 79.9. The first-order valence-corrected chi connectivity index (χ1v) is 9.83. The molecule has 4 rings (SSSR count). The van der Waals surface area contributed by atoms with E-state index in [9.17, 15) is 0 Å². The maximum absolute atomic E-state index is 4.74. The molecule has 0 amide bonds. The lowest BCUT2D eigenvalue weighted by atomic mass is 10.1. The second-order valence-electron chi connectivity index (χ2n) is 5.42. The van der Waals surface area contributed by atoms with Crippen LogP contribution in [0.5, 0.6) is 0 Å². The van der Waals surface area contributed by atoms with E-state index in [0.717, 1.165) is 46.6 Å². The third-order valence-corrected chi connectivity index (χ3v) is 5.43. The number of hydrogen-bond acceptors (Lipinski definition) is 3. The zero-order valence-electron chi connectivity index (χ0n) is 12.7. The number of halogens is 3. The van der Waals surface area contributed by atoms with Crippen molar-refractivity contribution in [1.29, 1.82) is 0 Å². The van der Waals surface area contributed by atoms with E-state index in [4.69, 9.17) is 4.98 Å². The van der Waals surface area contributed by atoms with Crippen LogP contribution in [0, 0.1) is 0 Å². The summed E-state index contributed by atoms with van der Waals surface area (Å²) in [5.74, 6) is 0. The standard InChI is InChI=1S/C19H10Br3N3/c20-13-8-15(21)19(16(22)9-13)24-10-14-6-5-12-4-3-11-2-1-7-23-17(11)18(12)25-14/h1-10H. The molecule has 0 radical (unpaired) electrons. The molecule has 0 fully saturated rings. The molecule has 25 heavy (non-hydrogen) atoms. The van der Waals surface area contributed by atoms with E-state index in [-0.39, 0.29) is 0 Å². The van der Waals surface area contributed by atoms with Crippen LogP contribution in [-0.2, 0) is 0 Å². The highest BCUT2D eigenvalue weighted by Gasteiger charge is 2.06. The minimum Gasteiger partial charge on any atom is -0.254 e. The van der Waals surface area contributed by atoms with Gasteiger partial charge in [0, 0.05) is 30.4 Å². The van der Waals surface area contributed by atoms with Crippen LogP contribution in [0.1, 0.15) is 5.69 Å². The fourth-order valence-corrected chi connectivity index (χ4v) is 5.06. The van der Waals surface area contributed by atoms with E-state index in [0.29, 0.717) is 0 Å². The Bertz CT molecular complexity index is 1120. The normalized spacial score (nSPS) is 11.6. The topological polar surface area (TPSA) is 38.1 Å². The average Bonchev–Trinajstić information content (AvgIpc) is 2.60. The first kappa shape index (κ1) is 16.8. The molecule has 2 aromatic heterocycles. The summed E-state index contributed by atoms with van der Waals surface area (Å²) in [6, 6.07) is 16.0. The average molecular weight is 520 g/mol. The number of pyridine rings is 2. The van der Waals surface area contributed by atoms with Crippen LogP contribution < -0.4 is 0 Å². The van der Waals surface area contributed by atoms with Gasteiger partial charge in [-0.3, -0.25) is 9.98 Å². The Morgan fingerprint density at radius 2 is 1.52 bits per heavy atom. The number of benzene rings is 2. The summed E-state index contributed by atoms with van der Waals surface area (Å²) in [7, 11) is 0. The lowest BCUT2D eigenvalue weighted by Gasteiger charge is -2.04. The van der Waals surface area contributed by atoms with Crippen molar-refractivity contribution in [3.05, 3.63) is 73.8 Å². The molecule has 0 bridgehead atoms. The second kappa shape index (κ2) is 6.94. The van der Waals surface area contributed by atoms with Gasteiger partial charge in [0.25, 0.3) is 0 Å². The molecule has 4 aromatic rings. The number of aromatic nitrogens is 2. The van der Waals surface area contributed by atoms with Crippen LogP contribution in [-0.4, -0.2) is 16.2 Å². The summed E-state index contributed by atoms with van der Waals surface area (Å²) in [5, 5.41) is 2.14. The molecule has 0 unspecified atom stereocenters. The van der Waals surface area contributed by atoms with Gasteiger partial charge in [-0.2, -0.15) is 0 Å². The summed E-state index contributed by atoms with van der Waals surface area (Å²) in [5.41, 5.74) is 3.39. The smallest absolute Gasteiger partial charge is 0.0972 e. The fraction of sp³-hybridized carbons (Fsp3) is 0. The van der Waals surface area contributed by atoms with Crippen molar-refractivity contribution in [1.82, 2.24) is 9.97 Å². The molecule has 2 aromatic carbocycles. The molecule has 2 heterocycles. The van der Waals surface area contributed by atoms with Gasteiger partial charge < -0.3 is 0 Å². The van der Waals surface area contributed by atoms with Crippen molar-refractivity contribution < 1.29 is 0 Å². The van der Waals surface area contributed by atoms with Crippen molar-refractivity contribution in [2.24, 2.45) is 4.99 Å². The molecule has 0 saturated heterocycles. The van der Waals surface area contributed by atoms with Crippen molar-refractivity contribution in [3.63, 3.8) is 0 Å². The molecule has 3 nitrogen and oxygen atoms in total. The quantitative estimate of drug-likeness (QED) is 0.215. The van der Waals surface area contributed by atoms with E-state index in [1.165, 1.54) is 0 Å². The van der Waals surface area contributed by atoms with Crippen molar-refractivity contribution in [2.45, 2.75) is 0 Å². The third-order valence-electron chi connectivity index (χ3n) is 3.76. The number of fused-ring (bicyclic) bond motifs is 3. The van der Waals surface area contributed by atoms with E-state index in [2.05, 4.69) is 69.9 Å². The molecular weight excluding hydrogens is 510 g/mol. The van der Waals surface area contributed by atoms with E-state index < -0.39 is 0 Å².